The molecular formula is C18H26ClN3O2. The molecule has 2 N–H and O–H groups in total. The van der Waals surface area contributed by atoms with E-state index in [1.165, 1.54) is 12.8 Å². The van der Waals surface area contributed by atoms with Crippen molar-refractivity contribution in [1.82, 2.24) is 15.5 Å². The average molecular weight is 352 g/mol. The van der Waals surface area contributed by atoms with Crippen LogP contribution in [0.3, 0.4) is 0 Å². The van der Waals surface area contributed by atoms with Crippen LogP contribution >= 0.6 is 12.4 Å². The van der Waals surface area contributed by atoms with Gasteiger partial charge in [0.1, 0.15) is 0 Å². The lowest BCUT2D eigenvalue weighted by molar-refractivity contribution is -0.131. The smallest absolute Gasteiger partial charge is 0.251 e. The van der Waals surface area contributed by atoms with Crippen LogP contribution in [0.15, 0.2) is 30.3 Å². The van der Waals surface area contributed by atoms with Crippen LogP contribution in [0.1, 0.15) is 36.0 Å². The van der Waals surface area contributed by atoms with Gasteiger partial charge in [0, 0.05) is 24.7 Å². The van der Waals surface area contributed by atoms with Crippen LogP contribution in [0.4, 0.5) is 0 Å². The summed E-state index contributed by atoms with van der Waals surface area (Å²) in [6.07, 6.45) is 4.25. The fraction of sp³-hybridized carbons (Fsp3) is 0.556. The highest BCUT2D eigenvalue weighted by molar-refractivity contribution is 5.94. The first-order valence-electron chi connectivity index (χ1n) is 8.57. The summed E-state index contributed by atoms with van der Waals surface area (Å²) in [7, 11) is 0. The van der Waals surface area contributed by atoms with Crippen molar-refractivity contribution in [3.05, 3.63) is 35.9 Å². The van der Waals surface area contributed by atoms with Crippen LogP contribution in [0.2, 0.25) is 0 Å². The van der Waals surface area contributed by atoms with Crippen LogP contribution in [0, 0.1) is 5.92 Å². The Kier molecular flexibility index (Phi) is 7.06. The number of carbonyl (C=O) groups excluding carboxylic acids is 2. The van der Waals surface area contributed by atoms with E-state index in [9.17, 15) is 9.59 Å². The summed E-state index contributed by atoms with van der Waals surface area (Å²) >= 11 is 0. The number of nitrogens with zero attached hydrogens (tertiary/aromatic N) is 1. The van der Waals surface area contributed by atoms with E-state index in [1.807, 2.05) is 35.2 Å². The summed E-state index contributed by atoms with van der Waals surface area (Å²) in [5.74, 6) is 0.946. The summed E-state index contributed by atoms with van der Waals surface area (Å²) < 4.78 is 0. The number of hydrogen-bond acceptors (Lipinski definition) is 3. The van der Waals surface area contributed by atoms with Gasteiger partial charge in [-0.3, -0.25) is 9.59 Å². The van der Waals surface area contributed by atoms with E-state index >= 15 is 0 Å². The predicted octanol–water partition coefficient (Wildman–Crippen LogP) is 1.83. The monoisotopic (exact) mass is 351 g/mol. The number of benzene rings is 1. The van der Waals surface area contributed by atoms with E-state index in [0.29, 0.717) is 12.1 Å². The minimum atomic E-state index is -0.0264. The molecule has 1 saturated heterocycles. The molecular weight excluding hydrogens is 326 g/mol. The molecule has 0 bridgehead atoms. The van der Waals surface area contributed by atoms with Crippen LogP contribution in [0.25, 0.3) is 0 Å². The van der Waals surface area contributed by atoms with Crippen molar-refractivity contribution in [3.8, 4) is 0 Å². The first-order valence-corrected chi connectivity index (χ1v) is 8.57. The van der Waals surface area contributed by atoms with Crippen molar-refractivity contribution in [3.63, 3.8) is 0 Å². The van der Waals surface area contributed by atoms with Crippen LogP contribution < -0.4 is 10.6 Å². The van der Waals surface area contributed by atoms with E-state index < -0.39 is 0 Å². The summed E-state index contributed by atoms with van der Waals surface area (Å²) in [6, 6.07) is 9.43. The SMILES string of the molecule is Cl.O=C(NC1CCN(C(=O)CNCC2CC2)CC1)c1ccccc1. The second-order valence-corrected chi connectivity index (χ2v) is 6.57. The fourth-order valence-electron chi connectivity index (χ4n) is 2.95. The van der Waals surface area contributed by atoms with Gasteiger partial charge in [0.2, 0.25) is 5.91 Å². The maximum absolute atomic E-state index is 12.1. The largest absolute Gasteiger partial charge is 0.349 e. The third kappa shape index (κ3) is 5.49. The van der Waals surface area contributed by atoms with Gasteiger partial charge < -0.3 is 15.5 Å². The zero-order valence-electron chi connectivity index (χ0n) is 13.9. The van der Waals surface area contributed by atoms with Crippen molar-refractivity contribution in [1.29, 1.82) is 0 Å². The van der Waals surface area contributed by atoms with E-state index in [1.54, 1.807) is 0 Å². The molecule has 1 aromatic carbocycles. The third-order valence-corrected chi connectivity index (χ3v) is 4.63. The van der Waals surface area contributed by atoms with Gasteiger partial charge in [-0.2, -0.15) is 0 Å². The Bertz CT molecular complexity index is 540. The normalized spacial score (nSPS) is 17.9. The Hall–Kier alpha value is -1.59. The second kappa shape index (κ2) is 9.04. The maximum Gasteiger partial charge on any atom is 0.251 e. The summed E-state index contributed by atoms with van der Waals surface area (Å²) in [4.78, 5) is 26.2. The highest BCUT2D eigenvalue weighted by Crippen LogP contribution is 2.27. The Labute approximate surface area is 149 Å². The van der Waals surface area contributed by atoms with Crippen molar-refractivity contribution in [2.24, 2.45) is 5.92 Å². The molecule has 2 fully saturated rings. The molecule has 2 amide bonds. The van der Waals surface area contributed by atoms with Gasteiger partial charge >= 0.3 is 0 Å². The molecule has 1 heterocycles. The molecule has 3 rings (SSSR count). The molecule has 6 heteroatoms. The number of carbonyl (C=O) groups is 2. The molecule has 0 spiro atoms. The molecule has 0 aromatic heterocycles. The minimum Gasteiger partial charge on any atom is -0.349 e. The quantitative estimate of drug-likeness (QED) is 0.822. The number of amides is 2. The van der Waals surface area contributed by atoms with E-state index in [-0.39, 0.29) is 30.3 Å². The predicted molar refractivity (Wildman–Crippen MR) is 96.4 cm³/mol. The molecule has 1 aliphatic carbocycles. The molecule has 5 nitrogen and oxygen atoms in total. The number of likely N-dealkylation sites (tertiary alicyclic amines) is 1. The molecule has 1 saturated carbocycles. The number of hydrogen-bond donors (Lipinski definition) is 2. The first kappa shape index (κ1) is 18.7. The van der Waals surface area contributed by atoms with Crippen molar-refractivity contribution < 1.29 is 9.59 Å². The number of nitrogens with one attached hydrogen (secondary N) is 2. The molecule has 0 unspecified atom stereocenters. The highest BCUT2D eigenvalue weighted by Gasteiger charge is 2.25. The van der Waals surface area contributed by atoms with Crippen LogP contribution in [-0.4, -0.2) is 48.9 Å². The zero-order valence-corrected chi connectivity index (χ0v) is 14.7. The average Bonchev–Trinajstić information content (AvgIpc) is 3.40. The maximum atomic E-state index is 12.1. The molecule has 132 valence electrons. The molecule has 0 radical (unpaired) electrons. The fourth-order valence-corrected chi connectivity index (χ4v) is 2.95. The molecule has 1 aliphatic heterocycles. The van der Waals surface area contributed by atoms with Gasteiger partial charge in [-0.15, -0.1) is 12.4 Å². The minimum absolute atomic E-state index is 0. The standard InChI is InChI=1S/C18H25N3O2.ClH/c22-17(13-19-12-14-6-7-14)21-10-8-16(9-11-21)20-18(23)15-4-2-1-3-5-15;/h1-5,14,16,19H,6-13H2,(H,20,23);1H. The van der Waals surface area contributed by atoms with Gasteiger partial charge in [0.15, 0.2) is 0 Å². The van der Waals surface area contributed by atoms with Crippen LogP contribution in [-0.2, 0) is 4.79 Å². The van der Waals surface area contributed by atoms with Crippen molar-refractivity contribution in [2.75, 3.05) is 26.2 Å². The third-order valence-electron chi connectivity index (χ3n) is 4.63. The Balaban J connectivity index is 0.00000208. The number of piperidine rings is 1. The lowest BCUT2D eigenvalue weighted by Crippen LogP contribution is -2.48. The molecule has 0 atom stereocenters. The first-order chi connectivity index (χ1) is 11.2. The summed E-state index contributed by atoms with van der Waals surface area (Å²) in [5.41, 5.74) is 0.690. The number of rotatable bonds is 6. The highest BCUT2D eigenvalue weighted by atomic mass is 35.5. The lowest BCUT2D eigenvalue weighted by atomic mass is 10.0. The summed E-state index contributed by atoms with van der Waals surface area (Å²) in [6.45, 7) is 2.86. The van der Waals surface area contributed by atoms with Gasteiger partial charge in [0.05, 0.1) is 6.54 Å². The second-order valence-electron chi connectivity index (χ2n) is 6.57. The lowest BCUT2D eigenvalue weighted by Gasteiger charge is -2.32. The van der Waals surface area contributed by atoms with Gasteiger partial charge in [-0.1, -0.05) is 18.2 Å². The van der Waals surface area contributed by atoms with Crippen molar-refractivity contribution in [2.45, 2.75) is 31.7 Å². The van der Waals surface area contributed by atoms with E-state index in [4.69, 9.17) is 0 Å². The van der Waals surface area contributed by atoms with E-state index in [2.05, 4.69) is 10.6 Å². The molecule has 24 heavy (non-hydrogen) atoms. The zero-order chi connectivity index (χ0) is 16.1. The van der Waals surface area contributed by atoms with Gasteiger partial charge in [0.25, 0.3) is 5.91 Å². The van der Waals surface area contributed by atoms with Gasteiger partial charge in [-0.05, 0) is 50.3 Å². The van der Waals surface area contributed by atoms with Crippen molar-refractivity contribution >= 4 is 24.2 Å². The molecule has 2 aliphatic rings. The van der Waals surface area contributed by atoms with E-state index in [0.717, 1.165) is 38.4 Å². The number of halogens is 1. The summed E-state index contributed by atoms with van der Waals surface area (Å²) in [5, 5.41) is 6.32. The molecule has 1 aromatic rings. The van der Waals surface area contributed by atoms with Crippen LogP contribution in [0.5, 0.6) is 0 Å². The Morgan fingerprint density at radius 2 is 1.71 bits per heavy atom. The van der Waals surface area contributed by atoms with Gasteiger partial charge in [-0.25, -0.2) is 0 Å². The Morgan fingerprint density at radius 1 is 1.04 bits per heavy atom. The Morgan fingerprint density at radius 3 is 2.33 bits per heavy atom. The topological polar surface area (TPSA) is 61.4 Å².